The molecule has 1 aromatic heterocycles. The largest absolute Gasteiger partial charge is 0.256 e. The van der Waals surface area contributed by atoms with E-state index < -0.39 is 0 Å². The van der Waals surface area contributed by atoms with Gasteiger partial charge >= 0.3 is 0 Å². The molecule has 0 saturated carbocycles. The van der Waals surface area contributed by atoms with E-state index in [0.29, 0.717) is 0 Å². The summed E-state index contributed by atoms with van der Waals surface area (Å²) in [5.74, 6) is 1.58. The standard InChI is InChI=1S/C25H49N2/c1-4-7-10-12-13-14-15-17-19-22-27-24-23-26(25(27)20-9-6-3)21-18-16-11-8-5-2/h23-24H,4-22H2,1-3H3/q+1. The highest BCUT2D eigenvalue weighted by molar-refractivity contribution is 4.84. The molecule has 0 aliphatic carbocycles. The Morgan fingerprint density at radius 3 is 1.74 bits per heavy atom. The van der Waals surface area contributed by atoms with Crippen LogP contribution in [0.2, 0.25) is 0 Å². The summed E-state index contributed by atoms with van der Waals surface area (Å²) in [5, 5.41) is 0. The van der Waals surface area contributed by atoms with E-state index in [1.807, 2.05) is 0 Å². The Balaban J connectivity index is 2.29. The summed E-state index contributed by atoms with van der Waals surface area (Å²) in [6.07, 6.45) is 28.1. The van der Waals surface area contributed by atoms with Crippen molar-refractivity contribution < 1.29 is 4.57 Å². The lowest BCUT2D eigenvalue weighted by Crippen LogP contribution is -2.37. The Labute approximate surface area is 170 Å². The lowest BCUT2D eigenvalue weighted by atomic mass is 10.1. The summed E-state index contributed by atoms with van der Waals surface area (Å²) in [7, 11) is 0. The average Bonchev–Trinajstić information content (AvgIpc) is 3.06. The SMILES string of the molecule is CCCCCCCCCCCn1cc[n+](CCCCCCC)c1CCCC. The predicted octanol–water partition coefficient (Wildman–Crippen LogP) is 7.62. The van der Waals surface area contributed by atoms with Crippen LogP contribution in [-0.4, -0.2) is 4.57 Å². The zero-order chi connectivity index (χ0) is 19.6. The second kappa shape index (κ2) is 17.3. The van der Waals surface area contributed by atoms with Gasteiger partial charge in [0.2, 0.25) is 0 Å². The van der Waals surface area contributed by atoms with E-state index in [2.05, 4.69) is 42.3 Å². The molecule has 0 aromatic carbocycles. The molecule has 2 heteroatoms. The topological polar surface area (TPSA) is 8.81 Å². The zero-order valence-electron chi connectivity index (χ0n) is 19.0. The van der Waals surface area contributed by atoms with Crippen molar-refractivity contribution in [1.29, 1.82) is 0 Å². The van der Waals surface area contributed by atoms with Gasteiger partial charge < -0.3 is 0 Å². The van der Waals surface area contributed by atoms with Crippen LogP contribution < -0.4 is 4.57 Å². The smallest absolute Gasteiger partial charge is 0.234 e. The first-order valence-corrected chi connectivity index (χ1v) is 12.4. The highest BCUT2D eigenvalue weighted by atomic mass is 15.1. The lowest BCUT2D eigenvalue weighted by molar-refractivity contribution is -0.704. The molecule has 0 amide bonds. The minimum absolute atomic E-state index is 1.22. The monoisotopic (exact) mass is 377 g/mol. The number of hydrogen-bond donors (Lipinski definition) is 0. The van der Waals surface area contributed by atoms with E-state index in [1.54, 1.807) is 5.82 Å². The van der Waals surface area contributed by atoms with Gasteiger partial charge in [0.25, 0.3) is 5.82 Å². The molecular weight excluding hydrogens is 328 g/mol. The Morgan fingerprint density at radius 1 is 0.630 bits per heavy atom. The molecule has 0 saturated heterocycles. The number of aromatic nitrogens is 2. The summed E-state index contributed by atoms with van der Waals surface area (Å²) in [5.41, 5.74) is 0. The van der Waals surface area contributed by atoms with Crippen molar-refractivity contribution in [3.05, 3.63) is 18.2 Å². The number of nitrogens with zero attached hydrogens (tertiary/aromatic N) is 2. The maximum Gasteiger partial charge on any atom is 0.256 e. The molecule has 0 N–H and O–H groups in total. The summed E-state index contributed by atoms with van der Waals surface area (Å²) in [6, 6.07) is 0. The van der Waals surface area contributed by atoms with Crippen molar-refractivity contribution in [3.63, 3.8) is 0 Å². The zero-order valence-corrected chi connectivity index (χ0v) is 19.0. The third-order valence-electron chi connectivity index (χ3n) is 5.85. The van der Waals surface area contributed by atoms with Gasteiger partial charge in [-0.05, 0) is 32.1 Å². The maximum absolute atomic E-state index is 2.56. The molecular formula is C25H49N2+. The molecule has 2 nitrogen and oxygen atoms in total. The molecule has 27 heavy (non-hydrogen) atoms. The van der Waals surface area contributed by atoms with Crippen LogP contribution in [0.4, 0.5) is 0 Å². The Kier molecular flexibility index (Phi) is 15.6. The highest BCUT2D eigenvalue weighted by Crippen LogP contribution is 2.11. The van der Waals surface area contributed by atoms with E-state index in [4.69, 9.17) is 0 Å². The van der Waals surface area contributed by atoms with Crippen LogP contribution >= 0.6 is 0 Å². The number of aryl methyl sites for hydroxylation is 2. The van der Waals surface area contributed by atoms with Gasteiger partial charge in [-0.15, -0.1) is 0 Å². The van der Waals surface area contributed by atoms with Gasteiger partial charge in [0.15, 0.2) is 0 Å². The van der Waals surface area contributed by atoms with Gasteiger partial charge in [0, 0.05) is 6.42 Å². The summed E-state index contributed by atoms with van der Waals surface area (Å²) in [6.45, 7) is 9.34. The van der Waals surface area contributed by atoms with E-state index in [9.17, 15) is 0 Å². The first kappa shape index (κ1) is 24.2. The fraction of sp³-hybridized carbons (Fsp3) is 0.880. The van der Waals surface area contributed by atoms with Crippen molar-refractivity contribution in [2.45, 2.75) is 143 Å². The van der Waals surface area contributed by atoms with Crippen LogP contribution in [0.3, 0.4) is 0 Å². The first-order valence-electron chi connectivity index (χ1n) is 12.4. The van der Waals surface area contributed by atoms with Gasteiger partial charge in [-0.3, -0.25) is 0 Å². The molecule has 0 unspecified atom stereocenters. The van der Waals surface area contributed by atoms with Crippen LogP contribution in [-0.2, 0) is 19.5 Å². The van der Waals surface area contributed by atoms with Gasteiger partial charge in [-0.1, -0.05) is 91.4 Å². The third kappa shape index (κ3) is 11.6. The molecule has 0 spiro atoms. The number of imidazole rings is 1. The molecule has 0 aliphatic rings. The number of rotatable bonds is 19. The maximum atomic E-state index is 2.56. The van der Waals surface area contributed by atoms with Crippen LogP contribution in [0.5, 0.6) is 0 Å². The summed E-state index contributed by atoms with van der Waals surface area (Å²) in [4.78, 5) is 0. The Morgan fingerprint density at radius 2 is 1.15 bits per heavy atom. The molecule has 0 aliphatic heterocycles. The van der Waals surface area contributed by atoms with Crippen molar-refractivity contribution in [2.24, 2.45) is 0 Å². The Hall–Kier alpha value is -0.790. The fourth-order valence-electron chi connectivity index (χ4n) is 4.01. The quantitative estimate of drug-likeness (QED) is 0.173. The van der Waals surface area contributed by atoms with Crippen molar-refractivity contribution in [1.82, 2.24) is 4.57 Å². The van der Waals surface area contributed by atoms with Crippen LogP contribution in [0.15, 0.2) is 12.4 Å². The molecule has 0 bridgehead atoms. The van der Waals surface area contributed by atoms with Crippen molar-refractivity contribution in [3.8, 4) is 0 Å². The van der Waals surface area contributed by atoms with Crippen LogP contribution in [0.25, 0.3) is 0 Å². The molecule has 1 rings (SSSR count). The molecule has 0 fully saturated rings. The molecule has 1 aromatic rings. The minimum Gasteiger partial charge on any atom is -0.234 e. The van der Waals surface area contributed by atoms with Gasteiger partial charge in [0.05, 0.1) is 13.1 Å². The highest BCUT2D eigenvalue weighted by Gasteiger charge is 2.15. The third-order valence-corrected chi connectivity index (χ3v) is 5.85. The second-order valence-corrected chi connectivity index (χ2v) is 8.45. The second-order valence-electron chi connectivity index (χ2n) is 8.45. The van der Waals surface area contributed by atoms with Crippen molar-refractivity contribution in [2.75, 3.05) is 0 Å². The lowest BCUT2D eigenvalue weighted by Gasteiger charge is -2.06. The average molecular weight is 378 g/mol. The van der Waals surface area contributed by atoms with E-state index >= 15 is 0 Å². The summed E-state index contributed by atoms with van der Waals surface area (Å²) >= 11 is 0. The van der Waals surface area contributed by atoms with Gasteiger partial charge in [0.1, 0.15) is 12.4 Å². The van der Waals surface area contributed by atoms with Crippen LogP contribution in [0, 0.1) is 0 Å². The van der Waals surface area contributed by atoms with Crippen LogP contribution in [0.1, 0.15) is 129 Å². The first-order chi connectivity index (χ1) is 13.3. The Bertz CT molecular complexity index is 436. The molecule has 158 valence electrons. The summed E-state index contributed by atoms with van der Waals surface area (Å²) < 4.78 is 5.11. The molecule has 1 heterocycles. The van der Waals surface area contributed by atoms with E-state index in [-0.39, 0.29) is 0 Å². The normalized spacial score (nSPS) is 11.4. The number of unbranched alkanes of at least 4 members (excludes halogenated alkanes) is 13. The number of hydrogen-bond acceptors (Lipinski definition) is 0. The predicted molar refractivity (Wildman–Crippen MR) is 119 cm³/mol. The van der Waals surface area contributed by atoms with E-state index in [0.717, 1.165) is 0 Å². The molecule has 0 atom stereocenters. The minimum atomic E-state index is 1.22. The van der Waals surface area contributed by atoms with E-state index in [1.165, 1.54) is 122 Å². The van der Waals surface area contributed by atoms with Crippen molar-refractivity contribution >= 4 is 0 Å². The van der Waals surface area contributed by atoms with Gasteiger partial charge in [-0.2, -0.15) is 0 Å². The fourth-order valence-corrected chi connectivity index (χ4v) is 4.01. The van der Waals surface area contributed by atoms with Gasteiger partial charge in [-0.25, -0.2) is 9.13 Å². The molecule has 0 radical (unpaired) electrons.